The van der Waals surface area contributed by atoms with Gasteiger partial charge in [0, 0.05) is 29.9 Å². The Balaban J connectivity index is 1.64. The third-order valence-corrected chi connectivity index (χ3v) is 6.03. The first-order valence-electron chi connectivity index (χ1n) is 8.22. The Morgan fingerprint density at radius 3 is 2.59 bits per heavy atom. The van der Waals surface area contributed by atoms with Crippen LogP contribution in [-0.4, -0.2) is 30.8 Å². The molecule has 1 aromatic rings. The number of nitrogens with zero attached hydrogens (tertiary/aromatic N) is 1. The molecule has 2 atom stereocenters. The van der Waals surface area contributed by atoms with Gasteiger partial charge in [-0.2, -0.15) is 0 Å². The SMILES string of the molecule is CN1CC(CN)CC1c1cc2c(cc1Br)OC1(CCCC1)O2. The van der Waals surface area contributed by atoms with Gasteiger partial charge < -0.3 is 15.2 Å². The average molecular weight is 367 g/mol. The van der Waals surface area contributed by atoms with Gasteiger partial charge in [-0.25, -0.2) is 0 Å². The number of nitrogens with two attached hydrogens (primary N) is 1. The van der Waals surface area contributed by atoms with E-state index in [4.69, 9.17) is 15.2 Å². The van der Waals surface area contributed by atoms with Gasteiger partial charge in [0.05, 0.1) is 0 Å². The number of benzene rings is 1. The summed E-state index contributed by atoms with van der Waals surface area (Å²) in [5, 5.41) is 0. The third kappa shape index (κ3) is 2.34. The van der Waals surface area contributed by atoms with E-state index >= 15 is 0 Å². The number of hydrogen-bond acceptors (Lipinski definition) is 4. The number of hydrogen-bond donors (Lipinski definition) is 1. The van der Waals surface area contributed by atoms with E-state index < -0.39 is 0 Å². The molecule has 2 unspecified atom stereocenters. The molecular weight excluding hydrogens is 344 g/mol. The van der Waals surface area contributed by atoms with E-state index in [0.29, 0.717) is 12.0 Å². The molecular formula is C17H23BrN2O2. The van der Waals surface area contributed by atoms with Crippen LogP contribution in [0, 0.1) is 5.92 Å². The maximum Gasteiger partial charge on any atom is 0.251 e. The number of halogens is 1. The Morgan fingerprint density at radius 1 is 1.27 bits per heavy atom. The predicted molar refractivity (Wildman–Crippen MR) is 89.1 cm³/mol. The van der Waals surface area contributed by atoms with Crippen LogP contribution >= 0.6 is 15.9 Å². The van der Waals surface area contributed by atoms with Gasteiger partial charge in [-0.1, -0.05) is 15.9 Å². The lowest BCUT2D eigenvalue weighted by atomic mass is 9.99. The molecule has 1 saturated heterocycles. The van der Waals surface area contributed by atoms with Gasteiger partial charge in [-0.3, -0.25) is 4.90 Å². The van der Waals surface area contributed by atoms with Crippen molar-refractivity contribution in [3.05, 3.63) is 22.2 Å². The topological polar surface area (TPSA) is 47.7 Å². The van der Waals surface area contributed by atoms with Crippen LogP contribution in [-0.2, 0) is 0 Å². The summed E-state index contributed by atoms with van der Waals surface area (Å²) in [6.45, 7) is 1.82. The Kier molecular flexibility index (Phi) is 3.62. The van der Waals surface area contributed by atoms with E-state index in [1.165, 1.54) is 18.4 Å². The summed E-state index contributed by atoms with van der Waals surface area (Å²) in [7, 11) is 2.18. The quantitative estimate of drug-likeness (QED) is 0.870. The lowest BCUT2D eigenvalue weighted by Gasteiger charge is -2.21. The third-order valence-electron chi connectivity index (χ3n) is 5.35. The summed E-state index contributed by atoms with van der Waals surface area (Å²) < 4.78 is 13.5. The van der Waals surface area contributed by atoms with Crippen molar-refractivity contribution in [3.63, 3.8) is 0 Å². The van der Waals surface area contributed by atoms with Crippen LogP contribution in [0.5, 0.6) is 11.5 Å². The van der Waals surface area contributed by atoms with E-state index in [1.807, 2.05) is 0 Å². The summed E-state index contributed by atoms with van der Waals surface area (Å²) >= 11 is 3.73. The summed E-state index contributed by atoms with van der Waals surface area (Å²) in [6, 6.07) is 4.66. The van der Waals surface area contributed by atoms with Gasteiger partial charge >= 0.3 is 0 Å². The highest BCUT2D eigenvalue weighted by Crippen LogP contribution is 2.50. The Hall–Kier alpha value is -0.780. The maximum absolute atomic E-state index is 6.21. The summed E-state index contributed by atoms with van der Waals surface area (Å²) in [5.74, 6) is 1.98. The fourth-order valence-corrected chi connectivity index (χ4v) is 4.73. The molecule has 4 nitrogen and oxygen atoms in total. The first kappa shape index (κ1) is 14.8. The van der Waals surface area contributed by atoms with Crippen molar-refractivity contribution >= 4 is 15.9 Å². The molecule has 22 heavy (non-hydrogen) atoms. The highest BCUT2D eigenvalue weighted by molar-refractivity contribution is 9.10. The van der Waals surface area contributed by atoms with Crippen molar-refractivity contribution in [2.45, 2.75) is 43.9 Å². The fourth-order valence-electron chi connectivity index (χ4n) is 4.15. The summed E-state index contributed by atoms with van der Waals surface area (Å²) in [5.41, 5.74) is 7.15. The van der Waals surface area contributed by atoms with Crippen molar-refractivity contribution in [2.24, 2.45) is 11.7 Å². The van der Waals surface area contributed by atoms with E-state index in [1.54, 1.807) is 0 Å². The Bertz CT molecular complexity index is 586. The van der Waals surface area contributed by atoms with Gasteiger partial charge in [0.1, 0.15) is 0 Å². The van der Waals surface area contributed by atoms with Crippen LogP contribution in [0.1, 0.15) is 43.7 Å². The molecule has 2 heterocycles. The first-order chi connectivity index (χ1) is 10.6. The lowest BCUT2D eigenvalue weighted by Crippen LogP contribution is -2.34. The smallest absolute Gasteiger partial charge is 0.251 e. The van der Waals surface area contributed by atoms with Crippen LogP contribution in [0.4, 0.5) is 0 Å². The first-order valence-corrected chi connectivity index (χ1v) is 9.01. The molecule has 1 spiro atoms. The highest BCUT2D eigenvalue weighted by Gasteiger charge is 2.44. The normalized spacial score (nSPS) is 29.6. The van der Waals surface area contributed by atoms with Crippen molar-refractivity contribution in [1.29, 1.82) is 0 Å². The van der Waals surface area contributed by atoms with Gasteiger partial charge in [0.25, 0.3) is 5.79 Å². The molecule has 0 radical (unpaired) electrons. The molecule has 2 N–H and O–H groups in total. The van der Waals surface area contributed by atoms with Crippen LogP contribution in [0.2, 0.25) is 0 Å². The molecule has 2 fully saturated rings. The van der Waals surface area contributed by atoms with Gasteiger partial charge in [0.2, 0.25) is 0 Å². The fraction of sp³-hybridized carbons (Fsp3) is 0.647. The minimum atomic E-state index is -0.387. The molecule has 3 aliphatic rings. The van der Waals surface area contributed by atoms with Crippen molar-refractivity contribution in [1.82, 2.24) is 4.90 Å². The van der Waals surface area contributed by atoms with E-state index in [-0.39, 0.29) is 5.79 Å². The minimum absolute atomic E-state index is 0.387. The zero-order valence-corrected chi connectivity index (χ0v) is 14.6. The highest BCUT2D eigenvalue weighted by atomic mass is 79.9. The van der Waals surface area contributed by atoms with Crippen LogP contribution in [0.15, 0.2) is 16.6 Å². The van der Waals surface area contributed by atoms with Crippen LogP contribution < -0.4 is 15.2 Å². The van der Waals surface area contributed by atoms with Gasteiger partial charge in [-0.05, 0) is 56.5 Å². The second kappa shape index (κ2) is 5.39. The molecule has 5 heteroatoms. The second-order valence-corrected chi connectivity index (χ2v) is 7.79. The van der Waals surface area contributed by atoms with Gasteiger partial charge in [-0.15, -0.1) is 0 Å². The van der Waals surface area contributed by atoms with E-state index in [0.717, 1.165) is 48.3 Å². The molecule has 1 saturated carbocycles. The number of rotatable bonds is 2. The zero-order chi connectivity index (χ0) is 15.3. The largest absolute Gasteiger partial charge is 0.448 e. The maximum atomic E-state index is 6.21. The average Bonchev–Trinajstić information content (AvgIpc) is 3.17. The van der Waals surface area contributed by atoms with Crippen LogP contribution in [0.3, 0.4) is 0 Å². The Labute approximate surface area is 140 Å². The molecule has 120 valence electrons. The monoisotopic (exact) mass is 366 g/mol. The molecule has 0 bridgehead atoms. The Morgan fingerprint density at radius 2 is 1.95 bits per heavy atom. The minimum Gasteiger partial charge on any atom is -0.448 e. The zero-order valence-electron chi connectivity index (χ0n) is 13.0. The lowest BCUT2D eigenvalue weighted by molar-refractivity contribution is -0.0716. The molecule has 4 rings (SSSR count). The van der Waals surface area contributed by atoms with Crippen molar-refractivity contribution in [2.75, 3.05) is 20.1 Å². The second-order valence-electron chi connectivity index (χ2n) is 6.94. The van der Waals surface area contributed by atoms with Crippen molar-refractivity contribution < 1.29 is 9.47 Å². The van der Waals surface area contributed by atoms with E-state index in [2.05, 4.69) is 40.0 Å². The number of likely N-dealkylation sites (tertiary alicyclic amines) is 1. The molecule has 0 amide bonds. The number of fused-ring (bicyclic) bond motifs is 1. The molecule has 1 aliphatic carbocycles. The van der Waals surface area contributed by atoms with E-state index in [9.17, 15) is 0 Å². The molecule has 1 aromatic carbocycles. The predicted octanol–water partition coefficient (Wildman–Crippen LogP) is 3.44. The summed E-state index contributed by atoms with van der Waals surface area (Å²) in [6.07, 6.45) is 5.47. The standard InChI is InChI=1S/C17H23BrN2O2/c1-20-10-11(9-19)6-14(20)12-7-15-16(8-13(12)18)22-17(21-15)4-2-3-5-17/h7-8,11,14H,2-6,9-10,19H2,1H3. The van der Waals surface area contributed by atoms with Crippen molar-refractivity contribution in [3.8, 4) is 11.5 Å². The van der Waals surface area contributed by atoms with Gasteiger partial charge in [0.15, 0.2) is 11.5 Å². The molecule has 0 aromatic heterocycles. The summed E-state index contributed by atoms with van der Waals surface area (Å²) in [4.78, 5) is 2.39. The number of ether oxygens (including phenoxy) is 2. The molecule has 2 aliphatic heterocycles. The van der Waals surface area contributed by atoms with Crippen LogP contribution in [0.25, 0.3) is 0 Å².